The Hall–Kier alpha value is -2.24. The first-order valence-electron chi connectivity index (χ1n) is 16.1. The Labute approximate surface area is 279 Å². The highest BCUT2D eigenvalue weighted by Gasteiger charge is 2.51. The minimum atomic E-state index is -0.136. The molecule has 0 saturated carbocycles. The summed E-state index contributed by atoms with van der Waals surface area (Å²) in [6.07, 6.45) is 7.36. The maximum Gasteiger partial charge on any atom is 0.227 e. The van der Waals surface area contributed by atoms with Gasteiger partial charge in [-0.3, -0.25) is 4.79 Å². The van der Waals surface area contributed by atoms with Crippen molar-refractivity contribution in [3.05, 3.63) is 99.5 Å². The highest BCUT2D eigenvalue weighted by Crippen LogP contribution is 2.48. The Morgan fingerprint density at radius 2 is 1.61 bits per heavy atom. The van der Waals surface area contributed by atoms with E-state index < -0.39 is 0 Å². The molecule has 0 unspecified atom stereocenters. The average Bonchev–Trinajstić information content (AvgIpc) is 3.03. The zero-order chi connectivity index (χ0) is 30.1. The Morgan fingerprint density at radius 3 is 2.30 bits per heavy atom. The summed E-state index contributed by atoms with van der Waals surface area (Å²) in [6.45, 7) is 10.4. The number of amides is 1. The van der Waals surface area contributed by atoms with Crippen molar-refractivity contribution in [3.8, 4) is 5.75 Å². The van der Waals surface area contributed by atoms with Gasteiger partial charge in [-0.25, -0.2) is 0 Å². The van der Waals surface area contributed by atoms with Gasteiger partial charge in [0.2, 0.25) is 5.91 Å². The number of piperidine rings is 4. The Kier molecular flexibility index (Phi) is 10.3. The van der Waals surface area contributed by atoms with Gasteiger partial charge in [-0.1, -0.05) is 71.7 Å². The number of quaternary nitrogens is 1. The van der Waals surface area contributed by atoms with Crippen molar-refractivity contribution in [2.75, 3.05) is 39.3 Å². The van der Waals surface area contributed by atoms with E-state index in [0.717, 1.165) is 50.2 Å². The van der Waals surface area contributed by atoms with Gasteiger partial charge in [0.25, 0.3) is 0 Å². The molecule has 4 heterocycles. The highest BCUT2D eigenvalue weighted by molar-refractivity contribution is 6.42. The van der Waals surface area contributed by atoms with Gasteiger partial charge in [-0.15, -0.1) is 0 Å². The topological polar surface area (TPSA) is 29.5 Å². The van der Waals surface area contributed by atoms with Gasteiger partial charge in [0.05, 0.1) is 48.7 Å². The van der Waals surface area contributed by atoms with Crippen LogP contribution in [0.3, 0.4) is 0 Å². The standard InChI is InChI=1S/C37H45Cl2N2O2.ClH/c1-28(2)43-32-11-6-8-29(24-32)25-35(42)40-19-7-14-37(27-40,31-12-13-33(38)34(39)26-31)18-23-41-20-15-36(16-21-41,17-22-41)30-9-4-3-5-10-30;/h3-6,8-13,24,26,28H,7,14-23,25,27H2,1-2H3;1H/q+1;/p-1/t36?,37-,41?;/m1./s1. The number of benzene rings is 3. The third kappa shape index (κ3) is 6.94. The van der Waals surface area contributed by atoms with Gasteiger partial charge in [-0.2, -0.15) is 0 Å². The predicted octanol–water partition coefficient (Wildman–Crippen LogP) is 5.23. The quantitative estimate of drug-likeness (QED) is 0.296. The van der Waals surface area contributed by atoms with Gasteiger partial charge in [-0.05, 0) is 67.6 Å². The largest absolute Gasteiger partial charge is 1.00 e. The third-order valence-electron chi connectivity index (χ3n) is 10.7. The lowest BCUT2D eigenvalue weighted by atomic mass is 9.65. The summed E-state index contributed by atoms with van der Waals surface area (Å²) in [4.78, 5) is 15.9. The fourth-order valence-corrected chi connectivity index (χ4v) is 8.42. The van der Waals surface area contributed by atoms with Crippen LogP contribution in [0.4, 0.5) is 0 Å². The first kappa shape index (κ1) is 33.1. The summed E-state index contributed by atoms with van der Waals surface area (Å²) in [7, 11) is 0. The van der Waals surface area contributed by atoms with E-state index in [4.69, 9.17) is 27.9 Å². The van der Waals surface area contributed by atoms with Gasteiger partial charge in [0.15, 0.2) is 0 Å². The number of halogens is 3. The van der Waals surface area contributed by atoms with Crippen LogP contribution < -0.4 is 17.1 Å². The van der Waals surface area contributed by atoms with Gasteiger partial charge in [0.1, 0.15) is 5.75 Å². The van der Waals surface area contributed by atoms with Crippen LogP contribution in [0.25, 0.3) is 0 Å². The van der Waals surface area contributed by atoms with E-state index in [1.807, 2.05) is 44.2 Å². The number of carbonyl (C=O) groups excluding carboxylic acids is 1. The molecule has 1 amide bonds. The lowest BCUT2D eigenvalue weighted by Crippen LogP contribution is -3.00. The number of hydrogen-bond donors (Lipinski definition) is 0. The lowest BCUT2D eigenvalue weighted by Gasteiger charge is -2.56. The molecule has 4 aliphatic heterocycles. The molecule has 4 aliphatic rings. The molecule has 44 heavy (non-hydrogen) atoms. The third-order valence-corrected chi connectivity index (χ3v) is 11.5. The second-order valence-electron chi connectivity index (χ2n) is 13.7. The zero-order valence-electron chi connectivity index (χ0n) is 26.0. The molecule has 1 atom stereocenters. The van der Waals surface area contributed by atoms with E-state index in [2.05, 4.69) is 47.4 Å². The molecule has 4 fully saturated rings. The molecule has 0 aliphatic carbocycles. The van der Waals surface area contributed by atoms with Gasteiger partial charge in [0, 0.05) is 49.6 Å². The fourth-order valence-electron chi connectivity index (χ4n) is 8.12. The molecule has 7 heteroatoms. The maximum atomic E-state index is 13.8. The van der Waals surface area contributed by atoms with E-state index in [0.29, 0.717) is 21.9 Å². The number of nitrogens with zero attached hydrogens (tertiary/aromatic N) is 2. The average molecular weight is 656 g/mol. The van der Waals surface area contributed by atoms with E-state index in [1.54, 1.807) is 0 Å². The molecule has 4 nitrogen and oxygen atoms in total. The number of carbonyl (C=O) groups is 1. The van der Waals surface area contributed by atoms with Crippen LogP contribution in [0.2, 0.25) is 10.0 Å². The van der Waals surface area contributed by atoms with Crippen molar-refractivity contribution in [1.29, 1.82) is 0 Å². The van der Waals surface area contributed by atoms with Crippen molar-refractivity contribution < 1.29 is 26.4 Å². The van der Waals surface area contributed by atoms with E-state index in [1.165, 1.54) is 54.5 Å². The van der Waals surface area contributed by atoms with Crippen molar-refractivity contribution in [2.24, 2.45) is 0 Å². The summed E-state index contributed by atoms with van der Waals surface area (Å²) in [5.41, 5.74) is 3.97. The Morgan fingerprint density at radius 1 is 0.886 bits per heavy atom. The van der Waals surface area contributed by atoms with E-state index in [9.17, 15) is 4.79 Å². The SMILES string of the molecule is CC(C)Oc1cccc(CC(=O)N2CCC[C@](CC[N+]34CCC(c5ccccc5)(CC3)CC4)(c3ccc(Cl)c(Cl)c3)C2)c1.[Cl-]. The number of fused-ring (bicyclic) bond motifs is 3. The molecule has 0 N–H and O–H groups in total. The number of rotatable bonds is 9. The first-order valence-corrected chi connectivity index (χ1v) is 16.9. The van der Waals surface area contributed by atoms with Crippen molar-refractivity contribution >= 4 is 29.1 Å². The summed E-state index contributed by atoms with van der Waals surface area (Å²) in [5.74, 6) is 0.999. The van der Waals surface area contributed by atoms with Crippen molar-refractivity contribution in [2.45, 2.75) is 75.7 Å². The Balaban J connectivity index is 0.00000384. The predicted molar refractivity (Wildman–Crippen MR) is 176 cm³/mol. The second-order valence-corrected chi connectivity index (χ2v) is 14.5. The minimum absolute atomic E-state index is 0. The van der Waals surface area contributed by atoms with Crippen LogP contribution in [0.15, 0.2) is 72.8 Å². The van der Waals surface area contributed by atoms with Crippen LogP contribution in [0.5, 0.6) is 5.75 Å². The van der Waals surface area contributed by atoms with Crippen LogP contribution in [0.1, 0.15) is 69.1 Å². The highest BCUT2D eigenvalue weighted by atomic mass is 35.5. The molecule has 0 aromatic heterocycles. The molecule has 0 radical (unpaired) electrons. The summed E-state index contributed by atoms with van der Waals surface area (Å²) < 4.78 is 7.09. The Bertz CT molecular complexity index is 1420. The molecule has 2 bridgehead atoms. The minimum Gasteiger partial charge on any atom is -1.00 e. The normalized spacial score (nSPS) is 26.3. The summed E-state index contributed by atoms with van der Waals surface area (Å²) >= 11 is 13.0. The second kappa shape index (κ2) is 13.6. The number of hydrogen-bond acceptors (Lipinski definition) is 2. The first-order chi connectivity index (χ1) is 20.7. The lowest BCUT2D eigenvalue weighted by molar-refractivity contribution is -0.944. The molecule has 7 rings (SSSR count). The van der Waals surface area contributed by atoms with Crippen LogP contribution in [0, 0.1) is 0 Å². The zero-order valence-corrected chi connectivity index (χ0v) is 28.3. The fraction of sp³-hybridized carbons (Fsp3) is 0.486. The molecular formula is C37H45Cl3N2O2. The molecule has 0 spiro atoms. The van der Waals surface area contributed by atoms with E-state index in [-0.39, 0.29) is 29.8 Å². The van der Waals surface area contributed by atoms with Crippen LogP contribution >= 0.6 is 23.2 Å². The smallest absolute Gasteiger partial charge is 0.227 e. The van der Waals surface area contributed by atoms with Crippen molar-refractivity contribution in [1.82, 2.24) is 4.90 Å². The van der Waals surface area contributed by atoms with Crippen LogP contribution in [-0.4, -0.2) is 60.7 Å². The summed E-state index contributed by atoms with van der Waals surface area (Å²) in [5, 5.41) is 1.18. The van der Waals surface area contributed by atoms with Crippen molar-refractivity contribution in [3.63, 3.8) is 0 Å². The monoisotopic (exact) mass is 654 g/mol. The number of ether oxygens (including phenoxy) is 1. The molecule has 3 aromatic carbocycles. The van der Waals surface area contributed by atoms with Gasteiger partial charge < -0.3 is 26.5 Å². The molecular weight excluding hydrogens is 611 g/mol. The van der Waals surface area contributed by atoms with E-state index >= 15 is 0 Å². The maximum absolute atomic E-state index is 13.8. The summed E-state index contributed by atoms with van der Waals surface area (Å²) in [6, 6.07) is 25.3. The molecule has 3 aromatic rings. The molecule has 236 valence electrons. The van der Waals surface area contributed by atoms with Crippen LogP contribution in [-0.2, 0) is 22.0 Å². The number of likely N-dealkylation sites (tertiary alicyclic amines) is 1. The van der Waals surface area contributed by atoms with Gasteiger partial charge >= 0.3 is 0 Å². The molecule has 4 saturated heterocycles.